The van der Waals surface area contributed by atoms with Crippen molar-refractivity contribution >= 4 is 23.9 Å². The van der Waals surface area contributed by atoms with Gasteiger partial charge in [-0.15, -0.1) is 0 Å². The molecule has 0 radical (unpaired) electrons. The second kappa shape index (κ2) is 10.8. The Hall–Kier alpha value is -2.46. The molecule has 2 N–H and O–H groups in total. The first-order valence-electron chi connectivity index (χ1n) is 8.71. The van der Waals surface area contributed by atoms with Gasteiger partial charge in [0.15, 0.2) is 12.2 Å². The molecule has 2 unspecified atom stereocenters. The fraction of sp³-hybridized carbons (Fsp3) is 0.667. The Morgan fingerprint density at radius 3 is 1.21 bits per heavy atom. The van der Waals surface area contributed by atoms with Gasteiger partial charge in [0.05, 0.1) is 55.1 Å². The molecule has 0 saturated carbocycles. The number of esters is 2. The molecule has 0 fully saturated rings. The van der Waals surface area contributed by atoms with E-state index in [1.165, 1.54) is 0 Å². The van der Waals surface area contributed by atoms with Gasteiger partial charge in [-0.05, 0) is 0 Å². The Morgan fingerprint density at radius 2 is 1.00 bits per heavy atom. The highest BCUT2D eigenvalue weighted by Crippen LogP contribution is 2.08. The SMILES string of the molecule is C[N+](C)(C)CC(CC(=O)O)OC(=O)/C=C/C(=O)OC(CC(=O)O)C[N+](C)(C)C. The summed E-state index contributed by atoms with van der Waals surface area (Å²) in [6.07, 6.45) is -0.743. The van der Waals surface area contributed by atoms with Crippen LogP contribution in [-0.4, -0.2) is 111 Å². The van der Waals surface area contributed by atoms with E-state index in [2.05, 4.69) is 0 Å². The molecule has 0 aromatic carbocycles. The molecule has 160 valence electrons. The Kier molecular flexibility index (Phi) is 9.82. The van der Waals surface area contributed by atoms with E-state index in [1.54, 1.807) is 0 Å². The number of carboxylic acids is 2. The molecule has 10 nitrogen and oxygen atoms in total. The van der Waals surface area contributed by atoms with Crippen LogP contribution in [0, 0.1) is 0 Å². The maximum absolute atomic E-state index is 11.9. The van der Waals surface area contributed by atoms with E-state index < -0.39 is 36.1 Å². The lowest BCUT2D eigenvalue weighted by Gasteiger charge is -2.28. The van der Waals surface area contributed by atoms with Crippen LogP contribution in [0.4, 0.5) is 0 Å². The molecular weight excluding hydrogens is 372 g/mol. The van der Waals surface area contributed by atoms with Gasteiger partial charge in [-0.25, -0.2) is 9.59 Å². The number of carboxylic acid groups (broad SMARTS) is 2. The lowest BCUT2D eigenvalue weighted by atomic mass is 10.2. The smallest absolute Gasteiger partial charge is 0.331 e. The largest absolute Gasteiger partial charge is 0.481 e. The van der Waals surface area contributed by atoms with Crippen LogP contribution in [0.2, 0.25) is 0 Å². The van der Waals surface area contributed by atoms with Crippen LogP contribution in [0.3, 0.4) is 0 Å². The van der Waals surface area contributed by atoms with E-state index >= 15 is 0 Å². The summed E-state index contributed by atoms with van der Waals surface area (Å²) in [5, 5.41) is 17.9. The number of nitrogens with zero attached hydrogens (tertiary/aromatic N) is 2. The van der Waals surface area contributed by atoms with Gasteiger partial charge in [-0.2, -0.15) is 0 Å². The highest BCUT2D eigenvalue weighted by Gasteiger charge is 2.25. The molecule has 0 aromatic heterocycles. The highest BCUT2D eigenvalue weighted by atomic mass is 16.6. The Balaban J connectivity index is 4.87. The van der Waals surface area contributed by atoms with E-state index in [1.807, 2.05) is 42.3 Å². The molecule has 0 amide bonds. The van der Waals surface area contributed by atoms with E-state index in [0.717, 1.165) is 12.2 Å². The molecule has 0 heterocycles. The van der Waals surface area contributed by atoms with Crippen molar-refractivity contribution < 1.29 is 47.8 Å². The number of carbonyl (C=O) groups is 4. The summed E-state index contributed by atoms with van der Waals surface area (Å²) in [4.78, 5) is 45.7. The standard InChI is InChI=1S/C18H30N2O8/c1-19(2,3)11-13(9-15(21)22)27-17(25)7-8-18(26)28-14(10-16(23)24)12-20(4,5)6/h7-8,13-14H,9-12H2,1-6H3/p+2/b8-7+. The number of ether oxygens (including phenoxy) is 2. The van der Waals surface area contributed by atoms with E-state index in [4.69, 9.17) is 19.7 Å². The summed E-state index contributed by atoms with van der Waals surface area (Å²) in [6.45, 7) is 0.557. The maximum Gasteiger partial charge on any atom is 0.331 e. The zero-order chi connectivity index (χ0) is 22.1. The van der Waals surface area contributed by atoms with Gasteiger partial charge in [0.2, 0.25) is 0 Å². The third-order valence-corrected chi connectivity index (χ3v) is 3.23. The summed E-state index contributed by atoms with van der Waals surface area (Å²) < 4.78 is 11.0. The molecule has 0 rings (SSSR count). The number of rotatable bonds is 12. The molecule has 0 saturated heterocycles. The minimum atomic E-state index is -1.11. The molecule has 0 aliphatic heterocycles. The lowest BCUT2D eigenvalue weighted by Crippen LogP contribution is -2.44. The molecule has 0 bridgehead atoms. The first-order chi connectivity index (χ1) is 12.6. The van der Waals surface area contributed by atoms with Crippen molar-refractivity contribution in [3.63, 3.8) is 0 Å². The quantitative estimate of drug-likeness (QED) is 0.258. The van der Waals surface area contributed by atoms with Crippen molar-refractivity contribution in [1.29, 1.82) is 0 Å². The van der Waals surface area contributed by atoms with E-state index in [0.29, 0.717) is 8.97 Å². The monoisotopic (exact) mass is 404 g/mol. The number of hydrogen-bond acceptors (Lipinski definition) is 6. The minimum absolute atomic E-state index is 0.278. The molecule has 28 heavy (non-hydrogen) atoms. The lowest BCUT2D eigenvalue weighted by molar-refractivity contribution is -0.873. The van der Waals surface area contributed by atoms with Gasteiger partial charge < -0.3 is 28.7 Å². The predicted octanol–water partition coefficient (Wildman–Crippen LogP) is -0.272. The van der Waals surface area contributed by atoms with Gasteiger partial charge >= 0.3 is 23.9 Å². The van der Waals surface area contributed by atoms with Crippen molar-refractivity contribution in [3.8, 4) is 0 Å². The first-order valence-corrected chi connectivity index (χ1v) is 8.71. The van der Waals surface area contributed by atoms with Crippen LogP contribution in [0.15, 0.2) is 12.2 Å². The van der Waals surface area contributed by atoms with Gasteiger partial charge in [-0.1, -0.05) is 0 Å². The summed E-state index contributed by atoms with van der Waals surface area (Å²) in [5.41, 5.74) is 0. The van der Waals surface area contributed by atoms with Crippen LogP contribution in [0.1, 0.15) is 12.8 Å². The summed E-state index contributed by atoms with van der Waals surface area (Å²) in [5.74, 6) is -3.96. The average molecular weight is 404 g/mol. The van der Waals surface area contributed by atoms with Crippen molar-refractivity contribution in [3.05, 3.63) is 12.2 Å². The van der Waals surface area contributed by atoms with Gasteiger partial charge in [0, 0.05) is 12.2 Å². The summed E-state index contributed by atoms with van der Waals surface area (Å²) in [7, 11) is 11.0. The van der Waals surface area contributed by atoms with Crippen molar-refractivity contribution in [2.45, 2.75) is 25.0 Å². The molecule has 10 heteroatoms. The van der Waals surface area contributed by atoms with Gasteiger partial charge in [0.25, 0.3) is 0 Å². The molecule has 0 aromatic rings. The Morgan fingerprint density at radius 1 is 0.714 bits per heavy atom. The third-order valence-electron chi connectivity index (χ3n) is 3.23. The molecule has 0 spiro atoms. The van der Waals surface area contributed by atoms with Crippen LogP contribution in [-0.2, 0) is 28.7 Å². The minimum Gasteiger partial charge on any atom is -0.481 e. The van der Waals surface area contributed by atoms with Gasteiger partial charge in [0.1, 0.15) is 13.1 Å². The Bertz CT molecular complexity index is 550. The van der Waals surface area contributed by atoms with Gasteiger partial charge in [-0.3, -0.25) is 9.59 Å². The fourth-order valence-corrected chi connectivity index (χ4v) is 2.44. The molecular formula is C18H32N2O8+2. The number of hydrogen-bond donors (Lipinski definition) is 2. The molecule has 2 atom stereocenters. The molecule has 0 aliphatic rings. The predicted molar refractivity (Wildman–Crippen MR) is 99.2 cm³/mol. The summed E-state index contributed by atoms with van der Waals surface area (Å²) in [6, 6.07) is 0. The average Bonchev–Trinajstić information content (AvgIpc) is 2.39. The number of carbonyl (C=O) groups excluding carboxylic acids is 2. The van der Waals surface area contributed by atoms with Crippen LogP contribution in [0.5, 0.6) is 0 Å². The van der Waals surface area contributed by atoms with Crippen LogP contribution >= 0.6 is 0 Å². The van der Waals surface area contributed by atoms with E-state index in [9.17, 15) is 19.2 Å². The number of quaternary nitrogens is 2. The fourth-order valence-electron chi connectivity index (χ4n) is 2.44. The first kappa shape index (κ1) is 25.5. The second-order valence-electron chi connectivity index (χ2n) is 8.59. The third kappa shape index (κ3) is 14.7. The highest BCUT2D eigenvalue weighted by molar-refractivity contribution is 5.92. The van der Waals surface area contributed by atoms with Crippen molar-refractivity contribution in [1.82, 2.24) is 0 Å². The van der Waals surface area contributed by atoms with Crippen LogP contribution < -0.4 is 0 Å². The zero-order valence-electron chi connectivity index (χ0n) is 17.4. The summed E-state index contributed by atoms with van der Waals surface area (Å²) >= 11 is 0. The second-order valence-corrected chi connectivity index (χ2v) is 8.59. The van der Waals surface area contributed by atoms with Crippen molar-refractivity contribution in [2.75, 3.05) is 55.4 Å². The zero-order valence-corrected chi connectivity index (χ0v) is 17.4. The topological polar surface area (TPSA) is 127 Å². The van der Waals surface area contributed by atoms with E-state index in [-0.39, 0.29) is 25.9 Å². The Labute approximate surface area is 165 Å². The maximum atomic E-state index is 11.9. The number of aliphatic carboxylic acids is 2. The number of likely N-dealkylation sites (N-methyl/N-ethyl adjacent to an activating group) is 2. The van der Waals surface area contributed by atoms with Crippen molar-refractivity contribution in [2.24, 2.45) is 0 Å². The molecule has 0 aliphatic carbocycles. The normalized spacial score (nSPS) is 14.4. The van der Waals surface area contributed by atoms with Crippen LogP contribution in [0.25, 0.3) is 0 Å².